The number of oxazole rings is 1. The number of amides is 1. The molecule has 0 fully saturated rings. The highest BCUT2D eigenvalue weighted by Crippen LogP contribution is 2.26. The Morgan fingerprint density at radius 2 is 2.25 bits per heavy atom. The van der Waals surface area contributed by atoms with Crippen molar-refractivity contribution >= 4 is 28.7 Å². The van der Waals surface area contributed by atoms with E-state index in [-0.39, 0.29) is 17.8 Å². The first kappa shape index (κ1) is 12.7. The molecule has 2 radical (unpaired) electrons. The third kappa shape index (κ3) is 2.13. The van der Waals surface area contributed by atoms with E-state index in [4.69, 9.17) is 4.42 Å². The number of carbonyl (C=O) groups is 1. The van der Waals surface area contributed by atoms with E-state index in [2.05, 4.69) is 29.4 Å². The quantitative estimate of drug-likeness (QED) is 0.905. The Labute approximate surface area is 116 Å². The summed E-state index contributed by atoms with van der Waals surface area (Å²) in [5.41, 5.74) is 14.6. The predicted molar refractivity (Wildman–Crippen MR) is 73.4 cm³/mol. The Morgan fingerprint density at radius 1 is 1.45 bits per heavy atom. The zero-order chi connectivity index (χ0) is 14.3. The van der Waals surface area contributed by atoms with Gasteiger partial charge in [0.05, 0.1) is 5.71 Å². The Morgan fingerprint density at radius 3 is 3.00 bits per heavy atom. The molecule has 0 saturated carbocycles. The largest absolute Gasteiger partial charge is 0.421 e. The summed E-state index contributed by atoms with van der Waals surface area (Å²) < 4.78 is 5.04. The lowest BCUT2D eigenvalue weighted by molar-refractivity contribution is -0.122. The van der Waals surface area contributed by atoms with Gasteiger partial charge in [0.1, 0.15) is 5.52 Å². The van der Waals surface area contributed by atoms with Crippen LogP contribution in [0.2, 0.25) is 0 Å². The number of nitrogens with zero attached hydrogens (tertiary/aromatic N) is 3. The molecular formula is C14H14N4O2. The van der Waals surface area contributed by atoms with E-state index >= 15 is 0 Å². The van der Waals surface area contributed by atoms with Gasteiger partial charge in [-0.2, -0.15) is 10.1 Å². The van der Waals surface area contributed by atoms with E-state index in [0.29, 0.717) is 23.4 Å². The minimum atomic E-state index is -0.351. The highest BCUT2D eigenvalue weighted by molar-refractivity contribution is 6.07. The fraction of sp³-hybridized carbons (Fsp3) is 0.357. The number of aromatic nitrogens is 1. The minimum Gasteiger partial charge on any atom is -0.421 e. The third-order valence-corrected chi connectivity index (χ3v) is 3.53. The molecule has 0 spiro atoms. The molecule has 102 valence electrons. The van der Waals surface area contributed by atoms with Gasteiger partial charge in [-0.15, -0.1) is 0 Å². The lowest BCUT2D eigenvalue weighted by atomic mass is 9.84. The Balaban J connectivity index is 2.05. The van der Waals surface area contributed by atoms with Crippen LogP contribution in [0.1, 0.15) is 25.8 Å². The van der Waals surface area contributed by atoms with Crippen molar-refractivity contribution in [3.63, 3.8) is 0 Å². The lowest BCUT2D eigenvalue weighted by Crippen LogP contribution is -2.35. The molecule has 6 heteroatoms. The summed E-state index contributed by atoms with van der Waals surface area (Å²) in [5.74, 6) is 0.315. The number of rotatable bonds is 2. The zero-order valence-corrected chi connectivity index (χ0v) is 11.3. The molecule has 0 aliphatic carbocycles. The van der Waals surface area contributed by atoms with Crippen LogP contribution in [0.3, 0.4) is 0 Å². The standard InChI is InChI=1S/C14H14N4O2/c1-7(2)9-6-12(19)17-18-13(9)8-3-4-11-10(5-8)16-14(15)20-11/h3-5,7,9H,6H2,1-2H3,(H,17,19). The number of nitrogens with one attached hydrogen (secondary N) is 1. The van der Waals surface area contributed by atoms with E-state index in [1.807, 2.05) is 12.1 Å². The molecule has 1 aliphatic rings. The zero-order valence-electron chi connectivity index (χ0n) is 11.3. The van der Waals surface area contributed by atoms with E-state index in [1.165, 1.54) is 0 Å². The molecular weight excluding hydrogens is 256 g/mol. The summed E-state index contributed by atoms with van der Waals surface area (Å²) >= 11 is 0. The maximum absolute atomic E-state index is 11.5. The Bertz CT molecular complexity index is 702. The smallest absolute Gasteiger partial charge is 0.342 e. The van der Waals surface area contributed by atoms with Crippen molar-refractivity contribution in [3.8, 4) is 0 Å². The molecule has 1 atom stereocenters. The monoisotopic (exact) mass is 270 g/mol. The van der Waals surface area contributed by atoms with Crippen LogP contribution in [0.4, 0.5) is 6.01 Å². The predicted octanol–water partition coefficient (Wildman–Crippen LogP) is 2.02. The van der Waals surface area contributed by atoms with Crippen LogP contribution in [0, 0.1) is 11.8 Å². The molecule has 1 amide bonds. The van der Waals surface area contributed by atoms with Crippen molar-refractivity contribution in [3.05, 3.63) is 23.8 Å². The minimum absolute atomic E-state index is 0.0624. The first-order valence-electron chi connectivity index (χ1n) is 6.51. The number of fused-ring (bicyclic) bond motifs is 1. The molecule has 0 bridgehead atoms. The van der Waals surface area contributed by atoms with E-state index in [0.717, 1.165) is 11.3 Å². The summed E-state index contributed by atoms with van der Waals surface area (Å²) in [6, 6.07) is 5.06. The van der Waals surface area contributed by atoms with Crippen molar-refractivity contribution < 1.29 is 9.21 Å². The molecule has 2 heterocycles. The van der Waals surface area contributed by atoms with Crippen LogP contribution >= 0.6 is 0 Å². The van der Waals surface area contributed by atoms with Crippen molar-refractivity contribution in [1.82, 2.24) is 16.1 Å². The van der Waals surface area contributed by atoms with Gasteiger partial charge in [-0.05, 0) is 24.1 Å². The van der Waals surface area contributed by atoms with Gasteiger partial charge < -0.3 is 4.42 Å². The number of benzene rings is 1. The molecule has 6 nitrogen and oxygen atoms in total. The second-order valence-electron chi connectivity index (χ2n) is 5.27. The van der Waals surface area contributed by atoms with Crippen LogP contribution in [-0.4, -0.2) is 16.6 Å². The van der Waals surface area contributed by atoms with Gasteiger partial charge in [-0.1, -0.05) is 19.6 Å². The molecule has 1 unspecified atom stereocenters. The van der Waals surface area contributed by atoms with Gasteiger partial charge in [0.25, 0.3) is 0 Å². The van der Waals surface area contributed by atoms with Crippen molar-refractivity contribution in [2.24, 2.45) is 16.9 Å². The van der Waals surface area contributed by atoms with Crippen LogP contribution in [0.15, 0.2) is 27.7 Å². The molecule has 1 aromatic carbocycles. The first-order valence-corrected chi connectivity index (χ1v) is 6.51. The topological polar surface area (TPSA) is 89.8 Å². The second kappa shape index (κ2) is 4.63. The summed E-state index contributed by atoms with van der Waals surface area (Å²) in [6.07, 6.45) is 0.429. The average Bonchev–Trinajstić information content (AvgIpc) is 2.77. The van der Waals surface area contributed by atoms with Gasteiger partial charge in [0, 0.05) is 17.9 Å². The Kier molecular flexibility index (Phi) is 2.93. The molecule has 1 aromatic heterocycles. The maximum Gasteiger partial charge on any atom is 0.342 e. The number of hydrogen-bond acceptors (Lipinski definition) is 4. The van der Waals surface area contributed by atoms with Crippen LogP contribution in [0.5, 0.6) is 0 Å². The number of hydrogen-bond donors (Lipinski definition) is 1. The molecule has 3 rings (SSSR count). The van der Waals surface area contributed by atoms with Gasteiger partial charge in [0.2, 0.25) is 5.91 Å². The normalized spacial score (nSPS) is 19.2. The molecule has 0 saturated heterocycles. The van der Waals surface area contributed by atoms with Gasteiger partial charge in [0.15, 0.2) is 5.58 Å². The Hall–Kier alpha value is -2.37. The maximum atomic E-state index is 11.5. The van der Waals surface area contributed by atoms with E-state index < -0.39 is 0 Å². The van der Waals surface area contributed by atoms with Gasteiger partial charge in [-0.3, -0.25) is 4.79 Å². The van der Waals surface area contributed by atoms with Crippen LogP contribution < -0.4 is 11.2 Å². The average molecular weight is 270 g/mol. The van der Waals surface area contributed by atoms with Crippen molar-refractivity contribution in [2.75, 3.05) is 0 Å². The van der Waals surface area contributed by atoms with E-state index in [9.17, 15) is 10.5 Å². The van der Waals surface area contributed by atoms with Crippen molar-refractivity contribution in [1.29, 1.82) is 0 Å². The highest BCUT2D eigenvalue weighted by Gasteiger charge is 2.28. The summed E-state index contributed by atoms with van der Waals surface area (Å²) in [7, 11) is 0. The summed E-state index contributed by atoms with van der Waals surface area (Å²) in [5, 5.41) is 4.19. The fourth-order valence-corrected chi connectivity index (χ4v) is 2.45. The number of hydrazone groups is 1. The van der Waals surface area contributed by atoms with Gasteiger partial charge in [-0.25, -0.2) is 5.43 Å². The van der Waals surface area contributed by atoms with Crippen molar-refractivity contribution in [2.45, 2.75) is 20.3 Å². The third-order valence-electron chi connectivity index (χ3n) is 3.53. The van der Waals surface area contributed by atoms with Crippen LogP contribution in [-0.2, 0) is 4.79 Å². The fourth-order valence-electron chi connectivity index (χ4n) is 2.45. The van der Waals surface area contributed by atoms with Gasteiger partial charge >= 0.3 is 6.01 Å². The van der Waals surface area contributed by atoms with Crippen LogP contribution in [0.25, 0.3) is 11.1 Å². The highest BCUT2D eigenvalue weighted by atomic mass is 16.4. The SMILES string of the molecule is CC(C)C1CC(=O)NN=C1c1ccc2oc([N])nc2c1. The molecule has 20 heavy (non-hydrogen) atoms. The molecule has 1 aliphatic heterocycles. The summed E-state index contributed by atoms with van der Waals surface area (Å²) in [4.78, 5) is 15.4. The molecule has 1 N–H and O–H groups in total. The number of carbonyl (C=O) groups excluding carboxylic acids is 1. The molecule has 2 aromatic rings. The second-order valence-corrected chi connectivity index (χ2v) is 5.27. The summed E-state index contributed by atoms with van der Waals surface area (Å²) in [6.45, 7) is 4.14. The lowest BCUT2D eigenvalue weighted by Gasteiger charge is -2.25. The first-order chi connectivity index (χ1) is 9.54. The van der Waals surface area contributed by atoms with E-state index in [1.54, 1.807) is 6.07 Å².